The molecule has 0 fully saturated rings. The summed E-state index contributed by atoms with van der Waals surface area (Å²) in [6.07, 6.45) is 1.56. The monoisotopic (exact) mass is 370 g/mol. The van der Waals surface area contributed by atoms with Crippen molar-refractivity contribution in [1.82, 2.24) is 9.97 Å². The molecule has 3 N–H and O–H groups in total. The Bertz CT molecular complexity index is 949. The highest BCUT2D eigenvalue weighted by Crippen LogP contribution is 2.28. The first-order valence-electron chi connectivity index (χ1n) is 7.60. The Morgan fingerprint density at radius 3 is 2.69 bits per heavy atom. The third-order valence-electron chi connectivity index (χ3n) is 3.48. The van der Waals surface area contributed by atoms with Crippen LogP contribution in [0.1, 0.15) is 10.4 Å². The Labute approximate surface area is 154 Å². The van der Waals surface area contributed by atoms with Gasteiger partial charge in [-0.3, -0.25) is 0 Å². The Kier molecular flexibility index (Phi) is 5.19. The number of methoxy groups -OCH3 is 1. The molecule has 3 aromatic rings. The standard InChI is InChI=1S/C18H15ClN4O3/c1-26-15-7-6-11(10-13(15)19)21-18-20-9-8-16(23-18)22-14-5-3-2-4-12(14)17(24)25/h2-10H,1H3,(H,24,25)(H2,20,21,22,23). The van der Waals surface area contributed by atoms with Crippen molar-refractivity contribution in [3.63, 3.8) is 0 Å². The number of aromatic nitrogens is 2. The number of hydrogen-bond donors (Lipinski definition) is 3. The molecular weight excluding hydrogens is 356 g/mol. The minimum Gasteiger partial charge on any atom is -0.495 e. The lowest BCUT2D eigenvalue weighted by atomic mass is 10.2. The predicted molar refractivity (Wildman–Crippen MR) is 100 cm³/mol. The number of benzene rings is 2. The van der Waals surface area contributed by atoms with Crippen LogP contribution in [0.3, 0.4) is 0 Å². The zero-order valence-corrected chi connectivity index (χ0v) is 14.5. The van der Waals surface area contributed by atoms with Crippen LogP contribution in [-0.4, -0.2) is 28.2 Å². The lowest BCUT2D eigenvalue weighted by Crippen LogP contribution is -2.04. The van der Waals surface area contributed by atoms with E-state index in [1.54, 1.807) is 55.8 Å². The van der Waals surface area contributed by atoms with Crippen LogP contribution >= 0.6 is 11.6 Å². The lowest BCUT2D eigenvalue weighted by Gasteiger charge is -2.11. The topological polar surface area (TPSA) is 96.4 Å². The van der Waals surface area contributed by atoms with Gasteiger partial charge in [0.1, 0.15) is 11.6 Å². The maximum absolute atomic E-state index is 11.3. The molecule has 0 spiro atoms. The number of ether oxygens (including phenoxy) is 1. The van der Waals surface area contributed by atoms with Crippen molar-refractivity contribution < 1.29 is 14.6 Å². The third kappa shape index (κ3) is 4.01. The first-order valence-corrected chi connectivity index (χ1v) is 7.97. The summed E-state index contributed by atoms with van der Waals surface area (Å²) in [5.41, 5.74) is 1.29. The van der Waals surface area contributed by atoms with Crippen molar-refractivity contribution in [1.29, 1.82) is 0 Å². The molecule has 2 aromatic carbocycles. The maximum atomic E-state index is 11.3. The molecular formula is C18H15ClN4O3. The normalized spacial score (nSPS) is 10.2. The number of aromatic carboxylic acids is 1. The minimum atomic E-state index is -1.02. The Balaban J connectivity index is 1.81. The molecule has 0 saturated carbocycles. The highest BCUT2D eigenvalue weighted by Gasteiger charge is 2.10. The van der Waals surface area contributed by atoms with Crippen LogP contribution < -0.4 is 15.4 Å². The number of nitrogens with one attached hydrogen (secondary N) is 2. The van der Waals surface area contributed by atoms with Crippen LogP contribution in [0, 0.1) is 0 Å². The Morgan fingerprint density at radius 1 is 1.15 bits per heavy atom. The molecule has 0 unspecified atom stereocenters. The number of anilines is 4. The maximum Gasteiger partial charge on any atom is 0.337 e. The van der Waals surface area contributed by atoms with E-state index in [2.05, 4.69) is 20.6 Å². The van der Waals surface area contributed by atoms with Crippen LogP contribution in [0.15, 0.2) is 54.7 Å². The van der Waals surface area contributed by atoms with Crippen molar-refractivity contribution in [2.45, 2.75) is 0 Å². The molecule has 132 valence electrons. The molecule has 0 aliphatic rings. The van der Waals surface area contributed by atoms with Crippen molar-refractivity contribution in [3.05, 3.63) is 65.3 Å². The molecule has 0 amide bonds. The molecule has 0 saturated heterocycles. The second-order valence-electron chi connectivity index (χ2n) is 5.22. The highest BCUT2D eigenvalue weighted by molar-refractivity contribution is 6.32. The van der Waals surface area contributed by atoms with Gasteiger partial charge in [0.05, 0.1) is 23.4 Å². The molecule has 0 radical (unpaired) electrons. The van der Waals surface area contributed by atoms with Gasteiger partial charge >= 0.3 is 5.97 Å². The van der Waals surface area contributed by atoms with Gasteiger partial charge in [-0.2, -0.15) is 4.98 Å². The molecule has 7 nitrogen and oxygen atoms in total. The van der Waals surface area contributed by atoms with Crippen molar-refractivity contribution in [2.75, 3.05) is 17.7 Å². The van der Waals surface area contributed by atoms with Crippen molar-refractivity contribution in [2.24, 2.45) is 0 Å². The zero-order valence-electron chi connectivity index (χ0n) is 13.7. The van der Waals surface area contributed by atoms with Gasteiger partial charge in [0, 0.05) is 11.9 Å². The van der Waals surface area contributed by atoms with E-state index in [9.17, 15) is 9.90 Å². The predicted octanol–water partition coefficient (Wildman–Crippen LogP) is 4.32. The van der Waals surface area contributed by atoms with Gasteiger partial charge in [0.2, 0.25) is 5.95 Å². The molecule has 1 aromatic heterocycles. The number of carboxylic acids is 1. The van der Waals surface area contributed by atoms with E-state index >= 15 is 0 Å². The van der Waals surface area contributed by atoms with Gasteiger partial charge in [-0.05, 0) is 36.4 Å². The Hall–Kier alpha value is -3.32. The van der Waals surface area contributed by atoms with E-state index in [1.165, 1.54) is 6.07 Å². The molecule has 0 aliphatic heterocycles. The van der Waals surface area contributed by atoms with Gasteiger partial charge < -0.3 is 20.5 Å². The number of carbonyl (C=O) groups is 1. The van der Waals surface area contributed by atoms with Crippen LogP contribution in [0.4, 0.5) is 23.1 Å². The summed E-state index contributed by atoms with van der Waals surface area (Å²) in [4.78, 5) is 19.8. The van der Waals surface area contributed by atoms with E-state index in [0.717, 1.165) is 0 Å². The molecule has 0 aliphatic carbocycles. The average molecular weight is 371 g/mol. The number of carboxylic acid groups (broad SMARTS) is 1. The van der Waals surface area contributed by atoms with Gasteiger partial charge in [0.25, 0.3) is 0 Å². The van der Waals surface area contributed by atoms with E-state index in [1.807, 2.05) is 0 Å². The minimum absolute atomic E-state index is 0.155. The molecule has 1 heterocycles. The van der Waals surface area contributed by atoms with Gasteiger partial charge in [-0.15, -0.1) is 0 Å². The smallest absolute Gasteiger partial charge is 0.337 e. The van der Waals surface area contributed by atoms with Gasteiger partial charge in [0.15, 0.2) is 0 Å². The van der Waals surface area contributed by atoms with E-state index in [0.29, 0.717) is 33.9 Å². The average Bonchev–Trinajstić information content (AvgIpc) is 2.62. The number of halogens is 1. The van der Waals surface area contributed by atoms with Crippen molar-refractivity contribution >= 4 is 40.7 Å². The second kappa shape index (κ2) is 7.71. The van der Waals surface area contributed by atoms with Gasteiger partial charge in [-0.1, -0.05) is 23.7 Å². The molecule has 0 atom stereocenters. The van der Waals surface area contributed by atoms with Crippen LogP contribution in [0.5, 0.6) is 5.75 Å². The summed E-state index contributed by atoms with van der Waals surface area (Å²) in [6.45, 7) is 0. The van der Waals surface area contributed by atoms with E-state index in [4.69, 9.17) is 16.3 Å². The van der Waals surface area contributed by atoms with Crippen LogP contribution in [0.2, 0.25) is 5.02 Å². The summed E-state index contributed by atoms with van der Waals surface area (Å²) in [6, 6.07) is 13.5. The fourth-order valence-corrected chi connectivity index (χ4v) is 2.54. The van der Waals surface area contributed by atoms with Crippen LogP contribution in [0.25, 0.3) is 0 Å². The summed E-state index contributed by atoms with van der Waals surface area (Å²) >= 11 is 6.11. The number of nitrogens with zero attached hydrogens (tertiary/aromatic N) is 2. The van der Waals surface area contributed by atoms with E-state index < -0.39 is 5.97 Å². The fraction of sp³-hybridized carbons (Fsp3) is 0.0556. The molecule has 0 bridgehead atoms. The number of hydrogen-bond acceptors (Lipinski definition) is 6. The second-order valence-corrected chi connectivity index (χ2v) is 5.62. The third-order valence-corrected chi connectivity index (χ3v) is 3.78. The summed E-state index contributed by atoms with van der Waals surface area (Å²) in [5, 5.41) is 15.7. The lowest BCUT2D eigenvalue weighted by molar-refractivity contribution is 0.0698. The summed E-state index contributed by atoms with van der Waals surface area (Å²) in [7, 11) is 1.54. The number of para-hydroxylation sites is 1. The zero-order chi connectivity index (χ0) is 18.5. The number of rotatable bonds is 6. The highest BCUT2D eigenvalue weighted by atomic mass is 35.5. The molecule has 8 heteroatoms. The van der Waals surface area contributed by atoms with Gasteiger partial charge in [-0.25, -0.2) is 9.78 Å². The quantitative estimate of drug-likeness (QED) is 0.594. The SMILES string of the molecule is COc1ccc(Nc2nccc(Nc3ccccc3C(=O)O)n2)cc1Cl. The van der Waals surface area contributed by atoms with Crippen molar-refractivity contribution in [3.8, 4) is 5.75 Å². The first kappa shape index (κ1) is 17.5. The summed E-state index contributed by atoms with van der Waals surface area (Å²) < 4.78 is 5.12. The molecule has 26 heavy (non-hydrogen) atoms. The van der Waals surface area contributed by atoms with Crippen LogP contribution in [-0.2, 0) is 0 Å². The Morgan fingerprint density at radius 2 is 1.96 bits per heavy atom. The largest absolute Gasteiger partial charge is 0.495 e. The summed E-state index contributed by atoms with van der Waals surface area (Å²) in [5.74, 6) is 0.340. The first-order chi connectivity index (χ1) is 12.6. The van der Waals surface area contributed by atoms with E-state index in [-0.39, 0.29) is 5.56 Å². The molecule has 3 rings (SSSR count). The fourth-order valence-electron chi connectivity index (χ4n) is 2.28.